The second kappa shape index (κ2) is 6.82. The molecule has 0 amide bonds. The highest BCUT2D eigenvalue weighted by atomic mass is 79.9. The summed E-state index contributed by atoms with van der Waals surface area (Å²) in [4.78, 5) is 0. The average Bonchev–Trinajstić information content (AvgIpc) is 2.54. The predicted octanol–water partition coefficient (Wildman–Crippen LogP) is 7.21. The highest BCUT2D eigenvalue weighted by molar-refractivity contribution is 9.10. The molecule has 1 nitrogen and oxygen atoms in total. The Balaban J connectivity index is 2.13. The van der Waals surface area contributed by atoms with E-state index < -0.39 is 0 Å². The molecule has 0 atom stereocenters. The van der Waals surface area contributed by atoms with Crippen molar-refractivity contribution in [2.75, 3.05) is 0 Å². The summed E-state index contributed by atoms with van der Waals surface area (Å²) in [5.41, 5.74) is 3.61. The van der Waals surface area contributed by atoms with Crippen LogP contribution in [0.4, 0.5) is 0 Å². The van der Waals surface area contributed by atoms with Gasteiger partial charge in [0.2, 0.25) is 0 Å². The standard InChI is InChI=1S/C22H21BrO/c1-22(2,3)21-19(16-9-5-4-6-10-16)13-8-14-20(21)24-18-12-7-11-17(23)15-18/h4-15H,1-3H3. The van der Waals surface area contributed by atoms with Gasteiger partial charge in [0.05, 0.1) is 0 Å². The van der Waals surface area contributed by atoms with Gasteiger partial charge in [-0.1, -0.05) is 85.2 Å². The van der Waals surface area contributed by atoms with Gasteiger partial charge in [0.25, 0.3) is 0 Å². The Labute approximate surface area is 152 Å². The van der Waals surface area contributed by atoms with E-state index in [0.717, 1.165) is 16.0 Å². The molecule has 0 saturated carbocycles. The Kier molecular flexibility index (Phi) is 4.77. The molecular formula is C22H21BrO. The molecule has 3 rings (SSSR count). The maximum Gasteiger partial charge on any atom is 0.131 e. The van der Waals surface area contributed by atoms with Crippen molar-refractivity contribution in [1.82, 2.24) is 0 Å². The minimum atomic E-state index is -0.0339. The van der Waals surface area contributed by atoms with Crippen molar-refractivity contribution in [3.8, 4) is 22.6 Å². The van der Waals surface area contributed by atoms with E-state index in [-0.39, 0.29) is 5.41 Å². The molecule has 3 aromatic rings. The molecule has 2 heteroatoms. The fraction of sp³-hybridized carbons (Fsp3) is 0.182. The van der Waals surface area contributed by atoms with Crippen molar-refractivity contribution in [3.63, 3.8) is 0 Å². The summed E-state index contributed by atoms with van der Waals surface area (Å²) in [5, 5.41) is 0. The molecule has 122 valence electrons. The molecule has 0 aliphatic carbocycles. The first-order valence-electron chi connectivity index (χ1n) is 8.07. The van der Waals surface area contributed by atoms with E-state index in [0.29, 0.717) is 0 Å². The Morgan fingerprint density at radius 1 is 0.792 bits per heavy atom. The normalized spacial score (nSPS) is 11.3. The molecule has 0 heterocycles. The molecule has 24 heavy (non-hydrogen) atoms. The SMILES string of the molecule is CC(C)(C)c1c(Oc2cccc(Br)c2)cccc1-c1ccccc1. The number of ether oxygens (including phenoxy) is 1. The van der Waals surface area contributed by atoms with Crippen LogP contribution >= 0.6 is 15.9 Å². The molecular weight excluding hydrogens is 360 g/mol. The lowest BCUT2D eigenvalue weighted by Crippen LogP contribution is -2.14. The van der Waals surface area contributed by atoms with Crippen molar-refractivity contribution in [2.24, 2.45) is 0 Å². The van der Waals surface area contributed by atoms with Crippen LogP contribution in [-0.2, 0) is 5.41 Å². The van der Waals surface area contributed by atoms with Crippen LogP contribution in [0.3, 0.4) is 0 Å². The molecule has 0 aliphatic heterocycles. The van der Waals surface area contributed by atoms with Crippen LogP contribution in [-0.4, -0.2) is 0 Å². The zero-order chi connectivity index (χ0) is 17.2. The number of rotatable bonds is 3. The van der Waals surface area contributed by atoms with Gasteiger partial charge in [0.15, 0.2) is 0 Å². The van der Waals surface area contributed by atoms with Crippen LogP contribution in [0.1, 0.15) is 26.3 Å². The van der Waals surface area contributed by atoms with Crippen LogP contribution in [0.25, 0.3) is 11.1 Å². The van der Waals surface area contributed by atoms with Crippen molar-refractivity contribution < 1.29 is 4.74 Å². The number of hydrogen-bond acceptors (Lipinski definition) is 1. The van der Waals surface area contributed by atoms with Crippen LogP contribution in [0.15, 0.2) is 77.3 Å². The second-order valence-electron chi connectivity index (χ2n) is 6.85. The van der Waals surface area contributed by atoms with Crippen LogP contribution in [0.5, 0.6) is 11.5 Å². The summed E-state index contributed by atoms with van der Waals surface area (Å²) in [6.07, 6.45) is 0. The van der Waals surface area contributed by atoms with E-state index in [2.05, 4.69) is 73.1 Å². The molecule has 0 aromatic heterocycles. The maximum absolute atomic E-state index is 6.25. The van der Waals surface area contributed by atoms with Gasteiger partial charge >= 0.3 is 0 Å². The van der Waals surface area contributed by atoms with Gasteiger partial charge in [-0.05, 0) is 40.8 Å². The Bertz CT molecular complexity index is 832. The van der Waals surface area contributed by atoms with Gasteiger partial charge < -0.3 is 4.74 Å². The fourth-order valence-electron chi connectivity index (χ4n) is 2.91. The Morgan fingerprint density at radius 3 is 2.17 bits per heavy atom. The lowest BCUT2D eigenvalue weighted by Gasteiger charge is -2.26. The van der Waals surface area contributed by atoms with Crippen molar-refractivity contribution in [3.05, 3.63) is 82.8 Å². The summed E-state index contributed by atoms with van der Waals surface area (Å²) in [6.45, 7) is 6.67. The van der Waals surface area contributed by atoms with Gasteiger partial charge in [-0.3, -0.25) is 0 Å². The summed E-state index contributed by atoms with van der Waals surface area (Å²) in [7, 11) is 0. The van der Waals surface area contributed by atoms with Gasteiger partial charge in [-0.2, -0.15) is 0 Å². The van der Waals surface area contributed by atoms with E-state index >= 15 is 0 Å². The zero-order valence-electron chi connectivity index (χ0n) is 14.2. The van der Waals surface area contributed by atoms with Crippen molar-refractivity contribution in [1.29, 1.82) is 0 Å². The highest BCUT2D eigenvalue weighted by Crippen LogP contribution is 2.41. The smallest absolute Gasteiger partial charge is 0.131 e. The molecule has 0 bridgehead atoms. The number of halogens is 1. The third-order valence-electron chi connectivity index (χ3n) is 3.88. The monoisotopic (exact) mass is 380 g/mol. The highest BCUT2D eigenvalue weighted by Gasteiger charge is 2.24. The molecule has 3 aromatic carbocycles. The van der Waals surface area contributed by atoms with E-state index in [1.807, 2.05) is 36.4 Å². The third-order valence-corrected chi connectivity index (χ3v) is 4.38. The van der Waals surface area contributed by atoms with Gasteiger partial charge in [-0.25, -0.2) is 0 Å². The molecule has 0 aliphatic rings. The maximum atomic E-state index is 6.25. The zero-order valence-corrected chi connectivity index (χ0v) is 15.8. The fourth-order valence-corrected chi connectivity index (χ4v) is 3.28. The minimum Gasteiger partial charge on any atom is -0.457 e. The largest absolute Gasteiger partial charge is 0.457 e. The predicted molar refractivity (Wildman–Crippen MR) is 105 cm³/mol. The van der Waals surface area contributed by atoms with Crippen LogP contribution in [0, 0.1) is 0 Å². The molecule has 0 unspecified atom stereocenters. The topological polar surface area (TPSA) is 9.23 Å². The third kappa shape index (κ3) is 3.70. The van der Waals surface area contributed by atoms with E-state index in [1.54, 1.807) is 0 Å². The van der Waals surface area contributed by atoms with E-state index in [9.17, 15) is 0 Å². The Hall–Kier alpha value is -2.06. The first-order valence-corrected chi connectivity index (χ1v) is 8.87. The summed E-state index contributed by atoms with van der Waals surface area (Å²) in [5.74, 6) is 1.74. The summed E-state index contributed by atoms with van der Waals surface area (Å²) >= 11 is 3.50. The van der Waals surface area contributed by atoms with Crippen molar-refractivity contribution >= 4 is 15.9 Å². The van der Waals surface area contributed by atoms with Gasteiger partial charge in [0, 0.05) is 10.0 Å². The quantitative estimate of drug-likeness (QED) is 0.466. The molecule has 0 N–H and O–H groups in total. The van der Waals surface area contributed by atoms with Crippen molar-refractivity contribution in [2.45, 2.75) is 26.2 Å². The lowest BCUT2D eigenvalue weighted by atomic mass is 9.81. The molecule has 0 radical (unpaired) electrons. The van der Waals surface area contributed by atoms with Crippen LogP contribution in [0.2, 0.25) is 0 Å². The molecule has 0 spiro atoms. The molecule has 0 saturated heterocycles. The summed E-state index contributed by atoms with van der Waals surface area (Å²) < 4.78 is 7.26. The first kappa shape index (κ1) is 16.8. The van der Waals surface area contributed by atoms with Gasteiger partial charge in [0.1, 0.15) is 11.5 Å². The Morgan fingerprint density at radius 2 is 1.50 bits per heavy atom. The van der Waals surface area contributed by atoms with E-state index in [4.69, 9.17) is 4.74 Å². The molecule has 0 fully saturated rings. The van der Waals surface area contributed by atoms with E-state index in [1.165, 1.54) is 16.7 Å². The second-order valence-corrected chi connectivity index (χ2v) is 7.77. The first-order chi connectivity index (χ1) is 11.4. The van der Waals surface area contributed by atoms with Gasteiger partial charge in [-0.15, -0.1) is 0 Å². The number of hydrogen-bond donors (Lipinski definition) is 0. The average molecular weight is 381 g/mol. The number of benzene rings is 3. The lowest BCUT2D eigenvalue weighted by molar-refractivity contribution is 0.456. The summed E-state index contributed by atoms with van der Waals surface area (Å²) in [6, 6.07) is 24.7. The van der Waals surface area contributed by atoms with Crippen LogP contribution < -0.4 is 4.74 Å². The minimum absolute atomic E-state index is 0.0339.